The molecule has 5 heteroatoms. The number of oxime groups is 1. The second-order valence-electron chi connectivity index (χ2n) is 5.32. The fourth-order valence-electron chi connectivity index (χ4n) is 2.33. The second-order valence-corrected chi connectivity index (χ2v) is 5.32. The van der Waals surface area contributed by atoms with E-state index >= 15 is 0 Å². The summed E-state index contributed by atoms with van der Waals surface area (Å²) >= 11 is 0. The molecule has 0 saturated heterocycles. The topological polar surface area (TPSA) is 67.8 Å². The number of amides is 1. The number of benzene rings is 2. The van der Waals surface area contributed by atoms with Gasteiger partial charge in [-0.2, -0.15) is 0 Å². The highest BCUT2D eigenvalue weighted by Gasteiger charge is 2.28. The normalized spacial score (nSPS) is 16.4. The predicted molar refractivity (Wildman–Crippen MR) is 87.5 cm³/mol. The molecule has 0 radical (unpaired) electrons. The van der Waals surface area contributed by atoms with E-state index in [0.29, 0.717) is 17.7 Å². The Kier molecular flexibility index (Phi) is 4.19. The zero-order valence-electron chi connectivity index (χ0n) is 12.7. The van der Waals surface area contributed by atoms with Crippen molar-refractivity contribution in [1.29, 1.82) is 0 Å². The van der Waals surface area contributed by atoms with Crippen LogP contribution in [0.4, 0.5) is 5.69 Å². The number of hydrogen-bond donors (Lipinski definition) is 1. The molecule has 23 heavy (non-hydrogen) atoms. The average Bonchev–Trinajstić information content (AvgIpc) is 3.06. The minimum Gasteiger partial charge on any atom is -0.382 e. The molecule has 0 spiro atoms. The summed E-state index contributed by atoms with van der Waals surface area (Å²) in [6, 6.07) is 16.4. The third-order valence-electron chi connectivity index (χ3n) is 3.63. The highest BCUT2D eigenvalue weighted by molar-refractivity contribution is 6.06. The highest BCUT2D eigenvalue weighted by atomic mass is 16.6. The SMILES string of the molecule is CC(=O)c1ccc(NC(=O)[C@H]2CC(c3ccccc3)=NO2)cc1. The largest absolute Gasteiger partial charge is 0.382 e. The van der Waals surface area contributed by atoms with Gasteiger partial charge in [0.05, 0.1) is 5.71 Å². The molecule has 3 rings (SSSR count). The fourth-order valence-corrected chi connectivity index (χ4v) is 2.33. The van der Waals surface area contributed by atoms with E-state index in [0.717, 1.165) is 11.3 Å². The summed E-state index contributed by atoms with van der Waals surface area (Å²) in [6.45, 7) is 1.50. The van der Waals surface area contributed by atoms with E-state index in [1.54, 1.807) is 24.3 Å². The minimum absolute atomic E-state index is 0.0112. The van der Waals surface area contributed by atoms with Crippen LogP contribution in [0.25, 0.3) is 0 Å². The van der Waals surface area contributed by atoms with Gasteiger partial charge in [-0.25, -0.2) is 0 Å². The van der Waals surface area contributed by atoms with E-state index in [4.69, 9.17) is 4.84 Å². The molecule has 0 aromatic heterocycles. The zero-order valence-corrected chi connectivity index (χ0v) is 12.7. The van der Waals surface area contributed by atoms with Crippen molar-refractivity contribution in [3.8, 4) is 0 Å². The molecule has 0 aliphatic carbocycles. The number of rotatable bonds is 4. The van der Waals surface area contributed by atoms with Gasteiger partial charge in [0, 0.05) is 17.7 Å². The van der Waals surface area contributed by atoms with Crippen LogP contribution in [0.1, 0.15) is 29.3 Å². The van der Waals surface area contributed by atoms with E-state index in [1.807, 2.05) is 30.3 Å². The van der Waals surface area contributed by atoms with E-state index < -0.39 is 6.10 Å². The van der Waals surface area contributed by atoms with Crippen molar-refractivity contribution >= 4 is 23.1 Å². The summed E-state index contributed by atoms with van der Waals surface area (Å²) in [6.07, 6.45) is -0.209. The molecule has 2 aromatic carbocycles. The van der Waals surface area contributed by atoms with E-state index in [2.05, 4.69) is 10.5 Å². The third kappa shape index (κ3) is 3.45. The van der Waals surface area contributed by atoms with Crippen LogP contribution in [-0.4, -0.2) is 23.5 Å². The first-order chi connectivity index (χ1) is 11.1. The Morgan fingerprint density at radius 2 is 1.78 bits per heavy atom. The summed E-state index contributed by atoms with van der Waals surface area (Å²) in [5, 5.41) is 6.77. The van der Waals surface area contributed by atoms with Crippen molar-refractivity contribution < 1.29 is 14.4 Å². The maximum Gasteiger partial charge on any atom is 0.268 e. The Morgan fingerprint density at radius 3 is 2.43 bits per heavy atom. The lowest BCUT2D eigenvalue weighted by atomic mass is 10.0. The van der Waals surface area contributed by atoms with Gasteiger partial charge in [0.2, 0.25) is 6.10 Å². The summed E-state index contributed by atoms with van der Waals surface area (Å²) in [5.74, 6) is -0.266. The van der Waals surface area contributed by atoms with Crippen LogP contribution in [0.15, 0.2) is 59.8 Å². The number of nitrogens with one attached hydrogen (secondary N) is 1. The molecule has 1 N–H and O–H groups in total. The van der Waals surface area contributed by atoms with Crippen LogP contribution in [-0.2, 0) is 9.63 Å². The van der Waals surface area contributed by atoms with Crippen molar-refractivity contribution in [1.82, 2.24) is 0 Å². The maximum atomic E-state index is 12.2. The van der Waals surface area contributed by atoms with E-state index in [9.17, 15) is 9.59 Å². The molecule has 1 aliphatic rings. The predicted octanol–water partition coefficient (Wildman–Crippen LogP) is 3.02. The monoisotopic (exact) mass is 308 g/mol. The van der Waals surface area contributed by atoms with Gasteiger partial charge in [-0.1, -0.05) is 35.5 Å². The molecular weight excluding hydrogens is 292 g/mol. The Morgan fingerprint density at radius 1 is 1.09 bits per heavy atom. The number of hydrogen-bond acceptors (Lipinski definition) is 4. The average molecular weight is 308 g/mol. The van der Waals surface area contributed by atoms with Crippen LogP contribution >= 0.6 is 0 Å². The van der Waals surface area contributed by atoms with Crippen molar-refractivity contribution in [3.63, 3.8) is 0 Å². The van der Waals surface area contributed by atoms with Gasteiger partial charge >= 0.3 is 0 Å². The smallest absolute Gasteiger partial charge is 0.268 e. The summed E-state index contributed by atoms with van der Waals surface area (Å²) in [7, 11) is 0. The molecule has 1 heterocycles. The Hall–Kier alpha value is -2.95. The van der Waals surface area contributed by atoms with Crippen LogP contribution in [0.3, 0.4) is 0 Å². The lowest BCUT2D eigenvalue weighted by molar-refractivity contribution is -0.125. The first-order valence-electron chi connectivity index (χ1n) is 7.33. The van der Waals surface area contributed by atoms with Gasteiger partial charge < -0.3 is 10.2 Å². The number of ketones is 1. The lowest BCUT2D eigenvalue weighted by Gasteiger charge is -2.09. The van der Waals surface area contributed by atoms with Crippen molar-refractivity contribution in [2.45, 2.75) is 19.4 Å². The van der Waals surface area contributed by atoms with Gasteiger partial charge in [0.15, 0.2) is 5.78 Å². The van der Waals surface area contributed by atoms with Gasteiger partial charge in [-0.05, 0) is 36.8 Å². The van der Waals surface area contributed by atoms with Gasteiger partial charge in [-0.15, -0.1) is 0 Å². The van der Waals surface area contributed by atoms with E-state index in [1.165, 1.54) is 6.92 Å². The number of anilines is 1. The molecular formula is C18H16N2O3. The molecule has 0 saturated carbocycles. The minimum atomic E-state index is -0.641. The van der Waals surface area contributed by atoms with Gasteiger partial charge in [-0.3, -0.25) is 9.59 Å². The molecule has 1 amide bonds. The zero-order chi connectivity index (χ0) is 16.2. The molecule has 0 fully saturated rings. The first kappa shape index (κ1) is 15.0. The van der Waals surface area contributed by atoms with Crippen LogP contribution in [0.2, 0.25) is 0 Å². The number of carbonyl (C=O) groups is 2. The standard InChI is InChI=1S/C18H16N2O3/c1-12(21)13-7-9-15(10-8-13)19-18(22)17-11-16(20-23-17)14-5-3-2-4-6-14/h2-10,17H,11H2,1H3,(H,19,22)/t17-/m1/s1. The Bertz CT molecular complexity index is 752. The van der Waals surface area contributed by atoms with Gasteiger partial charge in [0.25, 0.3) is 5.91 Å². The lowest BCUT2D eigenvalue weighted by Crippen LogP contribution is -2.28. The van der Waals surface area contributed by atoms with E-state index in [-0.39, 0.29) is 11.7 Å². The fraction of sp³-hybridized carbons (Fsp3) is 0.167. The van der Waals surface area contributed by atoms with Crippen LogP contribution in [0, 0.1) is 0 Å². The molecule has 1 aliphatic heterocycles. The molecule has 5 nitrogen and oxygen atoms in total. The van der Waals surface area contributed by atoms with Gasteiger partial charge in [0.1, 0.15) is 0 Å². The summed E-state index contributed by atoms with van der Waals surface area (Å²) in [5.41, 5.74) is 2.94. The quantitative estimate of drug-likeness (QED) is 0.883. The molecule has 2 aromatic rings. The number of carbonyl (C=O) groups excluding carboxylic acids is 2. The van der Waals surface area contributed by atoms with Crippen LogP contribution < -0.4 is 5.32 Å². The first-order valence-corrected chi connectivity index (χ1v) is 7.33. The van der Waals surface area contributed by atoms with Crippen molar-refractivity contribution in [2.75, 3.05) is 5.32 Å². The summed E-state index contributed by atoms with van der Waals surface area (Å²) in [4.78, 5) is 28.7. The highest BCUT2D eigenvalue weighted by Crippen LogP contribution is 2.18. The second kappa shape index (κ2) is 6.44. The van der Waals surface area contributed by atoms with Crippen molar-refractivity contribution in [3.05, 3.63) is 65.7 Å². The molecule has 0 unspecified atom stereocenters. The summed E-state index contributed by atoms with van der Waals surface area (Å²) < 4.78 is 0. The van der Waals surface area contributed by atoms with Crippen molar-refractivity contribution in [2.24, 2.45) is 5.16 Å². The van der Waals surface area contributed by atoms with Crippen LogP contribution in [0.5, 0.6) is 0 Å². The Labute approximate surface area is 134 Å². The third-order valence-corrected chi connectivity index (χ3v) is 3.63. The molecule has 1 atom stereocenters. The number of Topliss-reactive ketones (excluding diaryl/α,β-unsaturated/α-hetero) is 1. The maximum absolute atomic E-state index is 12.2. The number of nitrogens with zero attached hydrogens (tertiary/aromatic N) is 1. The molecule has 0 bridgehead atoms. The molecule has 116 valence electrons. The Balaban J connectivity index is 1.61.